The summed E-state index contributed by atoms with van der Waals surface area (Å²) in [6, 6.07) is 5.79. The Morgan fingerprint density at radius 2 is 2.09 bits per heavy atom. The molecule has 3 heterocycles. The summed E-state index contributed by atoms with van der Waals surface area (Å²) in [7, 11) is 3.56. The lowest BCUT2D eigenvalue weighted by Gasteiger charge is -2.45. The maximum absolute atomic E-state index is 13.1. The van der Waals surface area contributed by atoms with Crippen LogP contribution < -0.4 is 5.32 Å². The van der Waals surface area contributed by atoms with Crippen LogP contribution in [-0.4, -0.2) is 61.9 Å². The van der Waals surface area contributed by atoms with Crippen LogP contribution in [0.15, 0.2) is 30.6 Å². The Hall–Kier alpha value is -3.56. The number of carbonyl (C=O) groups is 1. The monoisotopic (exact) mass is 467 g/mol. The number of fused-ring (bicyclic) bond motifs is 2. The molecule has 0 aliphatic heterocycles. The van der Waals surface area contributed by atoms with E-state index >= 15 is 0 Å². The van der Waals surface area contributed by atoms with Crippen molar-refractivity contribution in [2.24, 2.45) is 5.41 Å². The Labute approximate surface area is 195 Å². The largest absolute Gasteiger partial charge is 0.351 e. The molecule has 0 atom stereocenters. The second kappa shape index (κ2) is 8.03. The van der Waals surface area contributed by atoms with Gasteiger partial charge in [0, 0.05) is 43.5 Å². The molecule has 5 rings (SSSR count). The van der Waals surface area contributed by atoms with Crippen molar-refractivity contribution >= 4 is 33.9 Å². The van der Waals surface area contributed by atoms with Crippen molar-refractivity contribution in [3.05, 3.63) is 36.4 Å². The summed E-state index contributed by atoms with van der Waals surface area (Å²) in [4.78, 5) is 30.6. The summed E-state index contributed by atoms with van der Waals surface area (Å²) in [6.07, 6.45) is 2.61. The van der Waals surface area contributed by atoms with E-state index < -0.39 is 13.0 Å². The van der Waals surface area contributed by atoms with Crippen LogP contribution >= 0.6 is 0 Å². The molecular weight excluding hydrogens is 440 g/mol. The molecule has 1 amide bonds. The number of alkyl halides is 2. The van der Waals surface area contributed by atoms with E-state index in [4.69, 9.17) is 0 Å². The van der Waals surface area contributed by atoms with E-state index in [0.717, 1.165) is 29.4 Å². The SMILES string of the molecule is Cc1nc2ccc(-c3c[nH]c4nc(N[C@H]5C[C@@](C)(C(=O)N(C)C)C5)ncc34)cc2n1CC(F)F. The first-order valence-electron chi connectivity index (χ1n) is 11.2. The van der Waals surface area contributed by atoms with Crippen molar-refractivity contribution in [3.8, 4) is 11.1 Å². The summed E-state index contributed by atoms with van der Waals surface area (Å²) in [6.45, 7) is 3.33. The quantitative estimate of drug-likeness (QED) is 0.443. The van der Waals surface area contributed by atoms with E-state index in [-0.39, 0.29) is 17.4 Å². The fraction of sp³-hybridized carbons (Fsp3) is 0.417. The number of anilines is 1. The predicted molar refractivity (Wildman–Crippen MR) is 127 cm³/mol. The number of benzene rings is 1. The van der Waals surface area contributed by atoms with Crippen LogP contribution in [0.5, 0.6) is 0 Å². The fourth-order valence-corrected chi connectivity index (χ4v) is 5.02. The normalized spacial score (nSPS) is 20.1. The van der Waals surface area contributed by atoms with E-state index in [1.54, 1.807) is 36.7 Å². The smallest absolute Gasteiger partial charge is 0.256 e. The van der Waals surface area contributed by atoms with Crippen LogP contribution in [0.3, 0.4) is 0 Å². The first kappa shape index (κ1) is 22.2. The fourth-order valence-electron chi connectivity index (χ4n) is 5.02. The Morgan fingerprint density at radius 3 is 2.79 bits per heavy atom. The molecule has 1 saturated carbocycles. The lowest BCUT2D eigenvalue weighted by atomic mass is 9.66. The minimum Gasteiger partial charge on any atom is -0.351 e. The van der Waals surface area contributed by atoms with E-state index in [1.165, 1.54) is 0 Å². The summed E-state index contributed by atoms with van der Waals surface area (Å²) in [5, 5.41) is 4.16. The lowest BCUT2D eigenvalue weighted by molar-refractivity contribution is -0.143. The Kier molecular flexibility index (Phi) is 5.26. The molecule has 34 heavy (non-hydrogen) atoms. The number of hydrogen-bond acceptors (Lipinski definition) is 5. The van der Waals surface area contributed by atoms with Gasteiger partial charge >= 0.3 is 0 Å². The average molecular weight is 468 g/mol. The third-order valence-corrected chi connectivity index (χ3v) is 6.65. The number of aromatic nitrogens is 5. The molecule has 0 bridgehead atoms. The molecule has 8 nitrogen and oxygen atoms in total. The Balaban J connectivity index is 1.38. The van der Waals surface area contributed by atoms with Gasteiger partial charge in [0.15, 0.2) is 0 Å². The van der Waals surface area contributed by atoms with Crippen molar-refractivity contribution in [1.82, 2.24) is 29.4 Å². The number of rotatable bonds is 6. The molecule has 1 aromatic carbocycles. The molecule has 1 aliphatic carbocycles. The van der Waals surface area contributed by atoms with Crippen molar-refractivity contribution in [2.75, 3.05) is 19.4 Å². The second-order valence-electron chi connectivity index (χ2n) is 9.53. The van der Waals surface area contributed by atoms with Crippen LogP contribution in [0, 0.1) is 12.3 Å². The van der Waals surface area contributed by atoms with Crippen LogP contribution in [-0.2, 0) is 11.3 Å². The minimum absolute atomic E-state index is 0.137. The molecule has 0 unspecified atom stereocenters. The minimum atomic E-state index is -2.46. The highest BCUT2D eigenvalue weighted by molar-refractivity contribution is 5.95. The van der Waals surface area contributed by atoms with Gasteiger partial charge in [-0.1, -0.05) is 13.0 Å². The highest BCUT2D eigenvalue weighted by Crippen LogP contribution is 2.43. The second-order valence-corrected chi connectivity index (χ2v) is 9.53. The zero-order valence-electron chi connectivity index (χ0n) is 19.6. The maximum atomic E-state index is 13.1. The topological polar surface area (TPSA) is 91.7 Å². The first-order chi connectivity index (χ1) is 16.1. The van der Waals surface area contributed by atoms with Gasteiger partial charge in [-0.05, 0) is 37.5 Å². The van der Waals surface area contributed by atoms with Gasteiger partial charge in [-0.25, -0.2) is 18.7 Å². The molecule has 0 saturated heterocycles. The Morgan fingerprint density at radius 1 is 1.32 bits per heavy atom. The number of amides is 1. The van der Waals surface area contributed by atoms with E-state index in [0.29, 0.717) is 28.5 Å². The van der Waals surface area contributed by atoms with Gasteiger partial charge < -0.3 is 19.8 Å². The van der Waals surface area contributed by atoms with E-state index in [2.05, 4.69) is 25.3 Å². The van der Waals surface area contributed by atoms with Gasteiger partial charge in [-0.15, -0.1) is 0 Å². The average Bonchev–Trinajstić information content (AvgIpc) is 3.31. The number of nitrogens with one attached hydrogen (secondary N) is 2. The number of imidazole rings is 1. The number of halogens is 2. The first-order valence-corrected chi connectivity index (χ1v) is 11.2. The van der Waals surface area contributed by atoms with E-state index in [1.807, 2.05) is 31.3 Å². The van der Waals surface area contributed by atoms with Crippen LogP contribution in [0.2, 0.25) is 0 Å². The third-order valence-electron chi connectivity index (χ3n) is 6.65. The van der Waals surface area contributed by atoms with Gasteiger partial charge in [0.1, 0.15) is 11.5 Å². The summed E-state index contributed by atoms with van der Waals surface area (Å²) in [5.74, 6) is 1.20. The molecule has 0 radical (unpaired) electrons. The molecular formula is C24H27F2N7O. The molecule has 10 heteroatoms. The number of carbonyl (C=O) groups excluding carboxylic acids is 1. The summed E-state index contributed by atoms with van der Waals surface area (Å²) >= 11 is 0. The molecule has 1 aliphatic rings. The van der Waals surface area contributed by atoms with Gasteiger partial charge in [0.25, 0.3) is 6.43 Å². The lowest BCUT2D eigenvalue weighted by Crippen LogP contribution is -2.52. The number of H-pyrrole nitrogens is 1. The van der Waals surface area contributed by atoms with Gasteiger partial charge in [0.2, 0.25) is 11.9 Å². The number of hydrogen-bond donors (Lipinski definition) is 2. The van der Waals surface area contributed by atoms with Crippen LogP contribution in [0.4, 0.5) is 14.7 Å². The Bertz CT molecular complexity index is 1390. The molecule has 1 fully saturated rings. The molecule has 2 N–H and O–H groups in total. The molecule has 178 valence electrons. The zero-order valence-corrected chi connectivity index (χ0v) is 19.6. The van der Waals surface area contributed by atoms with Gasteiger partial charge in [-0.3, -0.25) is 4.79 Å². The van der Waals surface area contributed by atoms with Crippen LogP contribution in [0.25, 0.3) is 33.2 Å². The van der Waals surface area contributed by atoms with Crippen molar-refractivity contribution in [1.29, 1.82) is 0 Å². The third kappa shape index (κ3) is 3.76. The summed E-state index contributed by atoms with van der Waals surface area (Å²) in [5.41, 5.74) is 3.44. The number of nitrogens with zero attached hydrogens (tertiary/aromatic N) is 5. The maximum Gasteiger partial charge on any atom is 0.256 e. The predicted octanol–water partition coefficient (Wildman–Crippen LogP) is 4.22. The van der Waals surface area contributed by atoms with Gasteiger partial charge in [0.05, 0.1) is 23.0 Å². The molecule has 3 aromatic heterocycles. The molecule has 4 aromatic rings. The van der Waals surface area contributed by atoms with Crippen molar-refractivity contribution < 1.29 is 13.6 Å². The standard InChI is InChI=1S/C24H27F2N7O/c1-13-29-18-6-5-14(7-19(18)33(13)12-20(25)26)16-10-27-21-17(16)11-28-23(31-21)30-15-8-24(2,9-15)22(34)32(3)4/h5-7,10-11,15,20H,8-9,12H2,1-4H3,(H2,27,28,30,31)/t15-,24+. The van der Waals surface area contributed by atoms with Crippen LogP contribution in [0.1, 0.15) is 25.6 Å². The number of aromatic amines is 1. The zero-order chi connectivity index (χ0) is 24.2. The van der Waals surface area contributed by atoms with Gasteiger partial charge in [-0.2, -0.15) is 4.98 Å². The van der Waals surface area contributed by atoms with Crippen molar-refractivity contribution in [3.63, 3.8) is 0 Å². The van der Waals surface area contributed by atoms with Crippen molar-refractivity contribution in [2.45, 2.75) is 45.7 Å². The highest BCUT2D eigenvalue weighted by atomic mass is 19.3. The molecule has 0 spiro atoms. The number of aryl methyl sites for hydroxylation is 1. The highest BCUT2D eigenvalue weighted by Gasteiger charge is 2.47. The summed E-state index contributed by atoms with van der Waals surface area (Å²) < 4.78 is 27.7. The van der Waals surface area contributed by atoms with E-state index in [9.17, 15) is 13.6 Å².